The average molecular weight is 293 g/mol. The zero-order chi connectivity index (χ0) is 15.9. The SMILES string of the molecule is C[C@H](NC(=O)OCc1ccccc1)[C@H](C=O)OC(C)(C)C. The summed E-state index contributed by atoms with van der Waals surface area (Å²) in [7, 11) is 0. The number of alkyl carbamates (subject to hydrolysis) is 1. The molecule has 0 spiro atoms. The normalized spacial score (nSPS) is 14.1. The van der Waals surface area contributed by atoms with E-state index in [-0.39, 0.29) is 6.61 Å². The lowest BCUT2D eigenvalue weighted by atomic mass is 10.1. The van der Waals surface area contributed by atoms with E-state index in [1.54, 1.807) is 6.92 Å². The van der Waals surface area contributed by atoms with Crippen molar-refractivity contribution >= 4 is 12.4 Å². The third kappa shape index (κ3) is 6.90. The van der Waals surface area contributed by atoms with E-state index >= 15 is 0 Å². The van der Waals surface area contributed by atoms with E-state index in [2.05, 4.69) is 5.32 Å². The lowest BCUT2D eigenvalue weighted by molar-refractivity contribution is -0.130. The quantitative estimate of drug-likeness (QED) is 0.819. The molecule has 1 aromatic carbocycles. The molecule has 0 aliphatic carbocycles. The minimum absolute atomic E-state index is 0.186. The van der Waals surface area contributed by atoms with Gasteiger partial charge >= 0.3 is 6.09 Å². The minimum Gasteiger partial charge on any atom is -0.445 e. The zero-order valence-corrected chi connectivity index (χ0v) is 13.0. The molecular weight excluding hydrogens is 270 g/mol. The third-order valence-electron chi connectivity index (χ3n) is 2.67. The van der Waals surface area contributed by atoms with Crippen LogP contribution in [0.1, 0.15) is 33.3 Å². The number of nitrogens with one attached hydrogen (secondary N) is 1. The molecule has 0 heterocycles. The molecule has 0 aromatic heterocycles. The van der Waals surface area contributed by atoms with Crippen molar-refractivity contribution in [3.63, 3.8) is 0 Å². The summed E-state index contributed by atoms with van der Waals surface area (Å²) in [6.07, 6.45) is -0.599. The second-order valence-corrected chi connectivity index (χ2v) is 5.83. The molecule has 1 rings (SSSR count). The highest BCUT2D eigenvalue weighted by Crippen LogP contribution is 2.12. The molecule has 0 saturated carbocycles. The Hall–Kier alpha value is -1.88. The van der Waals surface area contributed by atoms with E-state index in [0.29, 0.717) is 6.29 Å². The molecule has 5 heteroatoms. The van der Waals surface area contributed by atoms with E-state index in [0.717, 1.165) is 5.56 Å². The number of ether oxygens (including phenoxy) is 2. The third-order valence-corrected chi connectivity index (χ3v) is 2.67. The maximum Gasteiger partial charge on any atom is 0.407 e. The van der Waals surface area contributed by atoms with Gasteiger partial charge < -0.3 is 19.6 Å². The van der Waals surface area contributed by atoms with Gasteiger partial charge in [-0.25, -0.2) is 4.79 Å². The first-order chi connectivity index (χ1) is 9.81. The Morgan fingerprint density at radius 2 is 1.90 bits per heavy atom. The molecule has 0 aliphatic heterocycles. The Morgan fingerprint density at radius 1 is 1.29 bits per heavy atom. The van der Waals surface area contributed by atoms with Crippen LogP contribution in [0.5, 0.6) is 0 Å². The number of hydrogen-bond acceptors (Lipinski definition) is 4. The van der Waals surface area contributed by atoms with Crippen LogP contribution in [-0.4, -0.2) is 30.1 Å². The molecule has 0 saturated heterocycles. The molecule has 1 amide bonds. The lowest BCUT2D eigenvalue weighted by Gasteiger charge is -2.28. The highest BCUT2D eigenvalue weighted by atomic mass is 16.5. The molecule has 0 unspecified atom stereocenters. The maximum absolute atomic E-state index is 11.7. The summed E-state index contributed by atoms with van der Waals surface area (Å²) in [4.78, 5) is 22.8. The summed E-state index contributed by atoms with van der Waals surface area (Å²) in [6.45, 7) is 7.44. The predicted molar refractivity (Wildman–Crippen MR) is 79.9 cm³/mol. The van der Waals surface area contributed by atoms with Crippen molar-refractivity contribution in [2.24, 2.45) is 0 Å². The first-order valence-electron chi connectivity index (χ1n) is 6.92. The van der Waals surface area contributed by atoms with Crippen molar-refractivity contribution in [3.05, 3.63) is 35.9 Å². The van der Waals surface area contributed by atoms with Gasteiger partial charge in [-0.3, -0.25) is 0 Å². The first-order valence-corrected chi connectivity index (χ1v) is 6.92. The molecule has 116 valence electrons. The van der Waals surface area contributed by atoms with Crippen molar-refractivity contribution in [1.82, 2.24) is 5.32 Å². The molecule has 2 atom stereocenters. The van der Waals surface area contributed by atoms with Crippen LogP contribution in [0.15, 0.2) is 30.3 Å². The van der Waals surface area contributed by atoms with E-state index in [9.17, 15) is 9.59 Å². The number of rotatable bonds is 6. The smallest absolute Gasteiger partial charge is 0.407 e. The van der Waals surface area contributed by atoms with Crippen LogP contribution in [0.2, 0.25) is 0 Å². The zero-order valence-electron chi connectivity index (χ0n) is 13.0. The largest absolute Gasteiger partial charge is 0.445 e. The Kier molecular flexibility index (Phi) is 6.37. The predicted octanol–water partition coefficient (Wildman–Crippen LogP) is 2.68. The Bertz CT molecular complexity index is 453. The Balaban J connectivity index is 2.43. The van der Waals surface area contributed by atoms with Crippen molar-refractivity contribution in [1.29, 1.82) is 0 Å². The number of carbonyl (C=O) groups excluding carboxylic acids is 2. The van der Waals surface area contributed by atoms with Crippen molar-refractivity contribution in [3.8, 4) is 0 Å². The minimum atomic E-state index is -0.714. The number of carbonyl (C=O) groups is 2. The van der Waals surface area contributed by atoms with Crippen molar-refractivity contribution < 1.29 is 19.1 Å². The highest BCUT2D eigenvalue weighted by Gasteiger charge is 2.25. The number of hydrogen-bond donors (Lipinski definition) is 1. The molecule has 0 fully saturated rings. The summed E-state index contributed by atoms with van der Waals surface area (Å²) in [6, 6.07) is 8.91. The van der Waals surface area contributed by atoms with E-state index in [1.165, 1.54) is 0 Å². The van der Waals surface area contributed by atoms with E-state index in [4.69, 9.17) is 9.47 Å². The summed E-state index contributed by atoms with van der Waals surface area (Å²) >= 11 is 0. The monoisotopic (exact) mass is 293 g/mol. The maximum atomic E-state index is 11.7. The summed E-state index contributed by atoms with van der Waals surface area (Å²) < 4.78 is 10.7. The van der Waals surface area contributed by atoms with Crippen LogP contribution in [0.3, 0.4) is 0 Å². The van der Waals surface area contributed by atoms with Gasteiger partial charge in [-0.1, -0.05) is 30.3 Å². The van der Waals surface area contributed by atoms with Gasteiger partial charge in [-0.05, 0) is 33.3 Å². The van der Waals surface area contributed by atoms with Gasteiger partial charge in [-0.15, -0.1) is 0 Å². The van der Waals surface area contributed by atoms with Crippen LogP contribution in [0.4, 0.5) is 4.79 Å². The van der Waals surface area contributed by atoms with Gasteiger partial charge in [0.2, 0.25) is 0 Å². The van der Waals surface area contributed by atoms with Crippen LogP contribution in [-0.2, 0) is 20.9 Å². The second kappa shape index (κ2) is 7.78. The topological polar surface area (TPSA) is 64.6 Å². The highest BCUT2D eigenvalue weighted by molar-refractivity contribution is 5.69. The number of benzene rings is 1. The summed E-state index contributed by atoms with van der Waals surface area (Å²) in [5.74, 6) is 0. The fraction of sp³-hybridized carbons (Fsp3) is 0.500. The van der Waals surface area contributed by atoms with Gasteiger partial charge in [0.05, 0.1) is 11.6 Å². The van der Waals surface area contributed by atoms with E-state index in [1.807, 2.05) is 51.1 Å². The molecule has 0 radical (unpaired) electrons. The molecular formula is C16H23NO4. The van der Waals surface area contributed by atoms with Gasteiger partial charge in [0.15, 0.2) is 6.29 Å². The van der Waals surface area contributed by atoms with Gasteiger partial charge in [-0.2, -0.15) is 0 Å². The second-order valence-electron chi connectivity index (χ2n) is 5.83. The van der Waals surface area contributed by atoms with Crippen molar-refractivity contribution in [2.45, 2.75) is 52.0 Å². The molecule has 5 nitrogen and oxygen atoms in total. The molecule has 0 aliphatic rings. The summed E-state index contributed by atoms with van der Waals surface area (Å²) in [5.41, 5.74) is 0.438. The molecule has 0 bridgehead atoms. The number of aldehydes is 1. The standard InChI is InChI=1S/C16H23NO4/c1-12(14(10-18)21-16(2,3)4)17-15(19)20-11-13-8-6-5-7-9-13/h5-10,12,14H,11H2,1-4H3,(H,17,19)/t12-,14-/m0/s1. The fourth-order valence-electron chi connectivity index (χ4n) is 1.69. The lowest BCUT2D eigenvalue weighted by Crippen LogP contribution is -2.46. The van der Waals surface area contributed by atoms with Gasteiger partial charge in [0.25, 0.3) is 0 Å². The van der Waals surface area contributed by atoms with Crippen LogP contribution in [0, 0.1) is 0 Å². The van der Waals surface area contributed by atoms with Crippen LogP contribution >= 0.6 is 0 Å². The molecule has 21 heavy (non-hydrogen) atoms. The van der Waals surface area contributed by atoms with E-state index < -0.39 is 23.8 Å². The van der Waals surface area contributed by atoms with Gasteiger partial charge in [0, 0.05) is 0 Å². The molecule has 1 N–H and O–H groups in total. The first kappa shape index (κ1) is 17.2. The van der Waals surface area contributed by atoms with Gasteiger partial charge in [0.1, 0.15) is 12.7 Å². The molecule has 1 aromatic rings. The number of amides is 1. The average Bonchev–Trinajstić information content (AvgIpc) is 2.42. The Morgan fingerprint density at radius 3 is 2.43 bits per heavy atom. The van der Waals surface area contributed by atoms with Crippen molar-refractivity contribution in [2.75, 3.05) is 0 Å². The fourth-order valence-corrected chi connectivity index (χ4v) is 1.69. The van der Waals surface area contributed by atoms with Crippen LogP contribution < -0.4 is 5.32 Å². The van der Waals surface area contributed by atoms with Crippen LogP contribution in [0.25, 0.3) is 0 Å². The summed E-state index contributed by atoms with van der Waals surface area (Å²) in [5, 5.41) is 2.61. The Labute approximate surface area is 125 Å².